The summed E-state index contributed by atoms with van der Waals surface area (Å²) in [6.45, 7) is 4.53. The van der Waals surface area contributed by atoms with E-state index in [2.05, 4.69) is 57.4 Å². The fraction of sp³-hybridized carbons (Fsp3) is 0.609. The zero-order valence-electron chi connectivity index (χ0n) is 17.6. The van der Waals surface area contributed by atoms with Gasteiger partial charge in [-0.25, -0.2) is 0 Å². The second kappa shape index (κ2) is 14.7. The predicted molar refractivity (Wildman–Crippen MR) is 112 cm³/mol. The maximum Gasteiger partial charge on any atom is 0.217 e. The molecule has 0 bridgehead atoms. The molecule has 0 heterocycles. The van der Waals surface area contributed by atoms with Crippen LogP contribution in [-0.2, 0) is 11.3 Å². The first-order chi connectivity index (χ1) is 12.4. The Morgan fingerprint density at radius 2 is 1.52 bits per heavy atom. The summed E-state index contributed by atoms with van der Waals surface area (Å²) in [5.74, 6) is -0.170. The SMILES string of the molecule is CC(=CCC[N+](C)(C)Cc1ccccc1)CCCCCCCCC(N)=O.[Cl-]. The number of carbonyl (C=O) groups excluding carboxylic acids is 1. The number of carbonyl (C=O) groups is 1. The maximum atomic E-state index is 10.7. The summed E-state index contributed by atoms with van der Waals surface area (Å²) >= 11 is 0. The van der Waals surface area contributed by atoms with Gasteiger partial charge in [0.25, 0.3) is 0 Å². The van der Waals surface area contributed by atoms with E-state index in [-0.39, 0.29) is 18.3 Å². The molecule has 1 aromatic rings. The topological polar surface area (TPSA) is 43.1 Å². The molecule has 0 atom stereocenters. The van der Waals surface area contributed by atoms with Gasteiger partial charge in [-0.2, -0.15) is 0 Å². The van der Waals surface area contributed by atoms with Crippen LogP contribution in [0.5, 0.6) is 0 Å². The Bertz CT molecular complexity index is 541. The van der Waals surface area contributed by atoms with Gasteiger partial charge >= 0.3 is 0 Å². The van der Waals surface area contributed by atoms with Crippen LogP contribution >= 0.6 is 0 Å². The fourth-order valence-corrected chi connectivity index (χ4v) is 3.33. The molecular formula is C23H39ClN2O. The van der Waals surface area contributed by atoms with E-state index >= 15 is 0 Å². The molecule has 0 radical (unpaired) electrons. The molecular weight excluding hydrogens is 356 g/mol. The van der Waals surface area contributed by atoms with E-state index in [9.17, 15) is 4.79 Å². The van der Waals surface area contributed by atoms with Gasteiger partial charge in [0.15, 0.2) is 0 Å². The zero-order valence-corrected chi connectivity index (χ0v) is 18.3. The summed E-state index contributed by atoms with van der Waals surface area (Å²) in [5, 5.41) is 0. The van der Waals surface area contributed by atoms with Crippen LogP contribution in [0, 0.1) is 0 Å². The third-order valence-corrected chi connectivity index (χ3v) is 4.92. The van der Waals surface area contributed by atoms with Crippen LogP contribution in [0.4, 0.5) is 0 Å². The molecule has 1 rings (SSSR count). The second-order valence-corrected chi connectivity index (χ2v) is 8.23. The normalized spacial score (nSPS) is 11.9. The first kappa shape index (κ1) is 25.7. The van der Waals surface area contributed by atoms with Crippen LogP contribution in [0.3, 0.4) is 0 Å². The van der Waals surface area contributed by atoms with Crippen molar-refractivity contribution in [3.63, 3.8) is 0 Å². The number of quaternary nitrogens is 1. The maximum absolute atomic E-state index is 10.7. The van der Waals surface area contributed by atoms with Crippen molar-refractivity contribution in [2.75, 3.05) is 20.6 Å². The Kier molecular flexibility index (Phi) is 14.0. The van der Waals surface area contributed by atoms with Gasteiger partial charge < -0.3 is 22.6 Å². The van der Waals surface area contributed by atoms with E-state index in [1.54, 1.807) is 0 Å². The van der Waals surface area contributed by atoms with Crippen LogP contribution in [0.15, 0.2) is 42.0 Å². The molecule has 0 unspecified atom stereocenters. The summed E-state index contributed by atoms with van der Waals surface area (Å²) < 4.78 is 1.03. The van der Waals surface area contributed by atoms with E-state index in [1.807, 2.05) is 0 Å². The smallest absolute Gasteiger partial charge is 0.217 e. The summed E-state index contributed by atoms with van der Waals surface area (Å²) in [5.41, 5.74) is 8.08. The average Bonchev–Trinajstić information content (AvgIpc) is 2.57. The first-order valence-corrected chi connectivity index (χ1v) is 10.2. The number of amides is 1. The van der Waals surface area contributed by atoms with Gasteiger partial charge in [-0.1, -0.05) is 67.7 Å². The van der Waals surface area contributed by atoms with Crippen LogP contribution in [0.2, 0.25) is 0 Å². The van der Waals surface area contributed by atoms with Gasteiger partial charge in [-0.3, -0.25) is 4.79 Å². The average molecular weight is 395 g/mol. The Labute approximate surface area is 173 Å². The number of hydrogen-bond donors (Lipinski definition) is 1. The first-order valence-electron chi connectivity index (χ1n) is 10.2. The number of benzene rings is 1. The van der Waals surface area contributed by atoms with E-state index < -0.39 is 0 Å². The van der Waals surface area contributed by atoms with Crippen LogP contribution in [0.25, 0.3) is 0 Å². The summed E-state index contributed by atoms with van der Waals surface area (Å²) in [7, 11) is 4.63. The zero-order chi connectivity index (χ0) is 19.3. The van der Waals surface area contributed by atoms with Gasteiger partial charge in [-0.05, 0) is 26.2 Å². The molecule has 1 aromatic carbocycles. The number of hydrogen-bond acceptors (Lipinski definition) is 1. The van der Waals surface area contributed by atoms with Crippen molar-refractivity contribution in [2.45, 2.75) is 71.3 Å². The molecule has 0 aliphatic heterocycles. The molecule has 4 heteroatoms. The molecule has 154 valence electrons. The number of halogens is 1. The van der Waals surface area contributed by atoms with Crippen molar-refractivity contribution in [1.82, 2.24) is 0 Å². The Balaban J connectivity index is 0.00000676. The third-order valence-electron chi connectivity index (χ3n) is 4.92. The van der Waals surface area contributed by atoms with E-state index in [1.165, 1.54) is 49.8 Å². The lowest BCUT2D eigenvalue weighted by Gasteiger charge is -2.29. The minimum atomic E-state index is -0.170. The summed E-state index contributed by atoms with van der Waals surface area (Å²) in [4.78, 5) is 10.7. The lowest BCUT2D eigenvalue weighted by molar-refractivity contribution is -0.903. The minimum Gasteiger partial charge on any atom is -1.00 e. The number of nitrogens with zero attached hydrogens (tertiary/aromatic N) is 1. The highest BCUT2D eigenvalue weighted by Crippen LogP contribution is 2.14. The molecule has 0 spiro atoms. The van der Waals surface area contributed by atoms with Gasteiger partial charge in [-0.15, -0.1) is 0 Å². The standard InChI is InChI=1S/C23H38N2O.ClH/c1-21(14-9-6-4-5-7-12-18-23(24)26)15-13-19-25(2,3)20-22-16-10-8-11-17-22;/h8,10-11,15-17H,4-7,9,12-14,18-20H2,1-3H3,(H-,24,26);1H. The second-order valence-electron chi connectivity index (χ2n) is 8.23. The van der Waals surface area contributed by atoms with Gasteiger partial charge in [0.2, 0.25) is 5.91 Å². The molecule has 2 N–H and O–H groups in total. The highest BCUT2D eigenvalue weighted by atomic mass is 35.5. The molecule has 0 saturated heterocycles. The quantitative estimate of drug-likeness (QED) is 0.293. The van der Waals surface area contributed by atoms with Crippen molar-refractivity contribution >= 4 is 5.91 Å². The largest absolute Gasteiger partial charge is 1.00 e. The lowest BCUT2D eigenvalue weighted by Crippen LogP contribution is -3.00. The van der Waals surface area contributed by atoms with Gasteiger partial charge in [0, 0.05) is 18.4 Å². The highest BCUT2D eigenvalue weighted by Gasteiger charge is 2.14. The Hall–Kier alpha value is -1.32. The minimum absolute atomic E-state index is 0. The number of rotatable bonds is 14. The molecule has 0 saturated carbocycles. The van der Waals surface area contributed by atoms with Crippen molar-refractivity contribution in [3.05, 3.63) is 47.5 Å². The van der Waals surface area contributed by atoms with Crippen LogP contribution < -0.4 is 18.1 Å². The summed E-state index contributed by atoms with van der Waals surface area (Å²) in [6.07, 6.45) is 12.5. The van der Waals surface area contributed by atoms with Crippen molar-refractivity contribution in [2.24, 2.45) is 5.73 Å². The monoisotopic (exact) mass is 394 g/mol. The molecule has 27 heavy (non-hydrogen) atoms. The fourth-order valence-electron chi connectivity index (χ4n) is 3.33. The lowest BCUT2D eigenvalue weighted by atomic mass is 10.0. The van der Waals surface area contributed by atoms with E-state index in [4.69, 9.17) is 5.73 Å². The third kappa shape index (κ3) is 14.4. The molecule has 0 aliphatic carbocycles. The van der Waals surface area contributed by atoms with E-state index in [0.29, 0.717) is 6.42 Å². The van der Waals surface area contributed by atoms with Crippen molar-refractivity contribution in [1.29, 1.82) is 0 Å². The molecule has 0 fully saturated rings. The van der Waals surface area contributed by atoms with Crippen molar-refractivity contribution < 1.29 is 21.7 Å². The number of nitrogens with two attached hydrogens (primary N) is 1. The van der Waals surface area contributed by atoms with Crippen molar-refractivity contribution in [3.8, 4) is 0 Å². The van der Waals surface area contributed by atoms with Gasteiger partial charge in [0.1, 0.15) is 6.54 Å². The van der Waals surface area contributed by atoms with Crippen LogP contribution in [-0.4, -0.2) is 31.0 Å². The Morgan fingerprint density at radius 1 is 0.963 bits per heavy atom. The number of unbranched alkanes of at least 4 members (excludes halogenated alkanes) is 5. The van der Waals surface area contributed by atoms with Gasteiger partial charge in [0.05, 0.1) is 20.6 Å². The van der Waals surface area contributed by atoms with Crippen LogP contribution in [0.1, 0.15) is 70.3 Å². The Morgan fingerprint density at radius 3 is 2.11 bits per heavy atom. The highest BCUT2D eigenvalue weighted by molar-refractivity contribution is 5.73. The molecule has 0 aromatic heterocycles. The predicted octanol–water partition coefficient (Wildman–Crippen LogP) is 2.21. The van der Waals surface area contributed by atoms with E-state index in [0.717, 1.165) is 30.3 Å². The molecule has 0 aliphatic rings. The number of allylic oxidation sites excluding steroid dienone is 1. The molecule has 3 nitrogen and oxygen atoms in total. The molecule has 1 amide bonds. The number of primary amides is 1. The summed E-state index contributed by atoms with van der Waals surface area (Å²) in [6, 6.07) is 10.8.